The van der Waals surface area contributed by atoms with Gasteiger partial charge in [0.15, 0.2) is 6.10 Å². The summed E-state index contributed by atoms with van der Waals surface area (Å²) in [4.78, 5) is 11.5. The summed E-state index contributed by atoms with van der Waals surface area (Å²) in [5.74, 6) is -0.607. The Morgan fingerprint density at radius 3 is 2.71 bits per heavy atom. The van der Waals surface area contributed by atoms with Crippen LogP contribution in [0.5, 0.6) is 0 Å². The van der Waals surface area contributed by atoms with Crippen molar-refractivity contribution in [2.45, 2.75) is 11.0 Å². The van der Waals surface area contributed by atoms with E-state index in [9.17, 15) is 13.2 Å². The molecule has 1 fully saturated rings. The van der Waals surface area contributed by atoms with E-state index in [0.717, 1.165) is 4.31 Å². The van der Waals surface area contributed by atoms with Crippen molar-refractivity contribution < 1.29 is 22.7 Å². The maximum atomic E-state index is 12.5. The molecule has 1 atom stereocenters. The predicted octanol–water partition coefficient (Wildman–Crippen LogP) is 1.56. The van der Waals surface area contributed by atoms with Crippen LogP contribution in [-0.4, -0.2) is 51.6 Å². The minimum atomic E-state index is -3.77. The SMILES string of the molecule is COC(=O)C1CN(S(=O)(=O)c2ccc(Cl)c(Cl)c2)CCO1. The maximum Gasteiger partial charge on any atom is 0.336 e. The molecule has 0 N–H and O–H groups in total. The smallest absolute Gasteiger partial charge is 0.336 e. The van der Waals surface area contributed by atoms with Gasteiger partial charge in [-0.05, 0) is 18.2 Å². The molecule has 0 aromatic heterocycles. The molecule has 0 saturated carbocycles. The molecule has 1 unspecified atom stereocenters. The van der Waals surface area contributed by atoms with Crippen LogP contribution in [0.15, 0.2) is 23.1 Å². The van der Waals surface area contributed by atoms with Gasteiger partial charge in [-0.1, -0.05) is 23.2 Å². The Balaban J connectivity index is 2.26. The molecule has 0 aliphatic carbocycles. The van der Waals surface area contributed by atoms with Crippen LogP contribution in [0, 0.1) is 0 Å². The molecule has 0 radical (unpaired) electrons. The van der Waals surface area contributed by atoms with Crippen LogP contribution in [0.25, 0.3) is 0 Å². The number of esters is 1. The number of sulfonamides is 1. The van der Waals surface area contributed by atoms with E-state index in [-0.39, 0.29) is 34.6 Å². The Labute approximate surface area is 132 Å². The van der Waals surface area contributed by atoms with Crippen LogP contribution in [0.4, 0.5) is 0 Å². The van der Waals surface area contributed by atoms with E-state index in [1.807, 2.05) is 0 Å². The van der Waals surface area contributed by atoms with E-state index in [1.165, 1.54) is 25.3 Å². The molecule has 2 rings (SSSR count). The van der Waals surface area contributed by atoms with Gasteiger partial charge in [0.2, 0.25) is 10.0 Å². The molecule has 1 aromatic carbocycles. The Morgan fingerprint density at radius 2 is 2.10 bits per heavy atom. The highest BCUT2D eigenvalue weighted by atomic mass is 35.5. The van der Waals surface area contributed by atoms with E-state index in [0.29, 0.717) is 0 Å². The van der Waals surface area contributed by atoms with E-state index >= 15 is 0 Å². The molecule has 116 valence electrons. The summed E-state index contributed by atoms with van der Waals surface area (Å²) in [6, 6.07) is 4.06. The average molecular weight is 354 g/mol. The van der Waals surface area contributed by atoms with Gasteiger partial charge in [0.1, 0.15) is 0 Å². The summed E-state index contributed by atoms with van der Waals surface area (Å²) < 4.78 is 36.0. The summed E-state index contributed by atoms with van der Waals surface area (Å²) in [6.45, 7) is 0.158. The first-order valence-corrected chi connectivity index (χ1v) is 8.20. The fourth-order valence-corrected chi connectivity index (χ4v) is 3.72. The molecule has 1 heterocycles. The number of ether oxygens (including phenoxy) is 2. The normalized spacial score (nSPS) is 20.2. The predicted molar refractivity (Wildman–Crippen MR) is 77.0 cm³/mol. The standard InChI is InChI=1S/C12H13Cl2NO5S/c1-19-12(16)11-7-15(4-5-20-11)21(17,18)8-2-3-9(13)10(14)6-8/h2-3,6,11H,4-5,7H2,1H3. The Morgan fingerprint density at radius 1 is 1.38 bits per heavy atom. The summed E-state index contributed by atoms with van der Waals surface area (Å²) in [5, 5.41) is 0.417. The number of morpholine rings is 1. The van der Waals surface area contributed by atoms with Crippen molar-refractivity contribution in [3.63, 3.8) is 0 Å². The maximum absolute atomic E-state index is 12.5. The number of carbonyl (C=O) groups is 1. The van der Waals surface area contributed by atoms with Crippen LogP contribution in [0.2, 0.25) is 10.0 Å². The topological polar surface area (TPSA) is 72.9 Å². The van der Waals surface area contributed by atoms with Crippen molar-refractivity contribution in [3.8, 4) is 0 Å². The minimum absolute atomic E-state index is 0.0161. The average Bonchev–Trinajstić information content (AvgIpc) is 2.49. The second-order valence-electron chi connectivity index (χ2n) is 4.32. The fourth-order valence-electron chi connectivity index (χ4n) is 1.90. The highest BCUT2D eigenvalue weighted by Gasteiger charge is 2.34. The van der Waals surface area contributed by atoms with Crippen molar-refractivity contribution >= 4 is 39.2 Å². The van der Waals surface area contributed by atoms with E-state index < -0.39 is 22.1 Å². The molecule has 0 spiro atoms. The monoisotopic (exact) mass is 353 g/mol. The quantitative estimate of drug-likeness (QED) is 0.771. The molecule has 0 amide bonds. The van der Waals surface area contributed by atoms with Gasteiger partial charge in [0.05, 0.1) is 35.2 Å². The van der Waals surface area contributed by atoms with Gasteiger partial charge in [0, 0.05) is 6.54 Å². The Kier molecular flexibility index (Phi) is 5.11. The molecule has 0 bridgehead atoms. The van der Waals surface area contributed by atoms with Crippen LogP contribution in [0.1, 0.15) is 0 Å². The van der Waals surface area contributed by atoms with Crippen molar-refractivity contribution in [1.82, 2.24) is 4.31 Å². The molecule has 1 aliphatic heterocycles. The second-order valence-corrected chi connectivity index (χ2v) is 7.07. The molecule has 1 saturated heterocycles. The third-order valence-electron chi connectivity index (χ3n) is 3.02. The number of hydrogen-bond acceptors (Lipinski definition) is 5. The first-order valence-electron chi connectivity index (χ1n) is 6.01. The number of methoxy groups -OCH3 is 1. The number of rotatable bonds is 3. The number of benzene rings is 1. The lowest BCUT2D eigenvalue weighted by molar-refractivity contribution is -0.157. The van der Waals surface area contributed by atoms with Crippen molar-refractivity contribution in [3.05, 3.63) is 28.2 Å². The molecule has 9 heteroatoms. The lowest BCUT2D eigenvalue weighted by atomic mass is 10.3. The number of halogens is 2. The molecular weight excluding hydrogens is 341 g/mol. The zero-order valence-electron chi connectivity index (χ0n) is 11.1. The molecule has 1 aliphatic rings. The first kappa shape index (κ1) is 16.5. The first-order chi connectivity index (χ1) is 9.86. The van der Waals surface area contributed by atoms with Gasteiger partial charge in [-0.2, -0.15) is 4.31 Å². The van der Waals surface area contributed by atoms with E-state index in [1.54, 1.807) is 0 Å². The Bertz CT molecular complexity index is 649. The molecule has 1 aromatic rings. The molecule has 6 nitrogen and oxygen atoms in total. The summed E-state index contributed by atoms with van der Waals surface area (Å²) in [5.41, 5.74) is 0. The summed E-state index contributed by atoms with van der Waals surface area (Å²) in [7, 11) is -2.55. The lowest BCUT2D eigenvalue weighted by Gasteiger charge is -2.30. The second kappa shape index (κ2) is 6.50. The number of hydrogen-bond donors (Lipinski definition) is 0. The van der Waals surface area contributed by atoms with Crippen LogP contribution >= 0.6 is 23.2 Å². The van der Waals surface area contributed by atoms with E-state index in [2.05, 4.69) is 4.74 Å². The van der Waals surface area contributed by atoms with Gasteiger partial charge in [-0.3, -0.25) is 0 Å². The van der Waals surface area contributed by atoms with Crippen molar-refractivity contribution in [2.24, 2.45) is 0 Å². The highest BCUT2D eigenvalue weighted by Crippen LogP contribution is 2.27. The van der Waals surface area contributed by atoms with E-state index in [4.69, 9.17) is 27.9 Å². The number of nitrogens with zero attached hydrogens (tertiary/aromatic N) is 1. The van der Waals surface area contributed by atoms with Crippen LogP contribution in [-0.2, 0) is 24.3 Å². The highest BCUT2D eigenvalue weighted by molar-refractivity contribution is 7.89. The number of carbonyl (C=O) groups excluding carboxylic acids is 1. The third kappa shape index (κ3) is 3.49. The van der Waals surface area contributed by atoms with Gasteiger partial charge in [-0.15, -0.1) is 0 Å². The van der Waals surface area contributed by atoms with Crippen LogP contribution < -0.4 is 0 Å². The van der Waals surface area contributed by atoms with Gasteiger partial charge >= 0.3 is 5.97 Å². The van der Waals surface area contributed by atoms with Crippen molar-refractivity contribution in [1.29, 1.82) is 0 Å². The van der Waals surface area contributed by atoms with Crippen LogP contribution in [0.3, 0.4) is 0 Å². The summed E-state index contributed by atoms with van der Waals surface area (Å²) >= 11 is 11.6. The van der Waals surface area contributed by atoms with Gasteiger partial charge in [-0.25, -0.2) is 13.2 Å². The Hall–Kier alpha value is -0.860. The minimum Gasteiger partial charge on any atom is -0.467 e. The third-order valence-corrected chi connectivity index (χ3v) is 5.62. The fraction of sp³-hybridized carbons (Fsp3) is 0.417. The summed E-state index contributed by atoms with van der Waals surface area (Å²) in [6.07, 6.45) is -0.929. The zero-order valence-corrected chi connectivity index (χ0v) is 13.4. The largest absolute Gasteiger partial charge is 0.467 e. The van der Waals surface area contributed by atoms with Gasteiger partial charge < -0.3 is 9.47 Å². The molecule has 21 heavy (non-hydrogen) atoms. The van der Waals surface area contributed by atoms with Gasteiger partial charge in [0.25, 0.3) is 0 Å². The zero-order chi connectivity index (χ0) is 15.6. The lowest BCUT2D eigenvalue weighted by Crippen LogP contribution is -2.48. The van der Waals surface area contributed by atoms with Crippen molar-refractivity contribution in [2.75, 3.05) is 26.8 Å². The molecular formula is C12H13Cl2NO5S.